The summed E-state index contributed by atoms with van der Waals surface area (Å²) in [5.74, 6) is -6.87. The molecule has 2 bridgehead atoms. The van der Waals surface area contributed by atoms with Crippen molar-refractivity contribution < 1.29 is 49.8 Å². The number of rotatable bonds is 8. The molecule has 6 rings (SSSR count). The van der Waals surface area contributed by atoms with Crippen LogP contribution < -0.4 is 15.2 Å². The Hall–Kier alpha value is -3.53. The number of carbonyl (C=O) groups is 2. The zero-order valence-corrected chi connectivity index (χ0v) is 27.6. The van der Waals surface area contributed by atoms with Crippen LogP contribution in [0.5, 0.6) is 5.75 Å². The van der Waals surface area contributed by atoms with Gasteiger partial charge in [-0.15, -0.1) is 0 Å². The van der Waals surface area contributed by atoms with E-state index in [1.165, 1.54) is 29.2 Å². The average Bonchev–Trinajstić information content (AvgIpc) is 3.64. The molecule has 3 atom stereocenters. The van der Waals surface area contributed by atoms with Crippen molar-refractivity contribution in [2.45, 2.75) is 98.6 Å². The Balaban J connectivity index is 0.000000606. The summed E-state index contributed by atoms with van der Waals surface area (Å²) in [6, 6.07) is 11.5. The molecule has 3 aliphatic rings. The first-order valence-corrected chi connectivity index (χ1v) is 17.6. The van der Waals surface area contributed by atoms with E-state index in [1.807, 2.05) is 6.07 Å². The molecule has 266 valence electrons. The second kappa shape index (κ2) is 14.4. The molecular weight excluding hydrogens is 697 g/mol. The summed E-state index contributed by atoms with van der Waals surface area (Å²) < 4.78 is 99.5. The van der Waals surface area contributed by atoms with Gasteiger partial charge in [0.15, 0.2) is 6.04 Å². The normalized spacial score (nSPS) is 22.0. The number of carboxylic acid groups (broad SMARTS) is 1. The SMILES string of the molecule is NC1CC2CCC(C1)N2C(=O)[C@H](NS(=O)(=O)c1ccc2cc(OC3CCCC3)ccc2c1)C(F)(F)c1ccc(Cl)cc1.O=C(O)C(F)(F)F. The van der Waals surface area contributed by atoms with Crippen molar-refractivity contribution in [1.82, 2.24) is 9.62 Å². The van der Waals surface area contributed by atoms with Crippen molar-refractivity contribution in [1.29, 1.82) is 0 Å². The molecule has 3 fully saturated rings. The van der Waals surface area contributed by atoms with Gasteiger partial charge in [-0.2, -0.15) is 26.7 Å². The van der Waals surface area contributed by atoms with Crippen molar-refractivity contribution in [2.75, 3.05) is 0 Å². The number of aliphatic carboxylic acids is 1. The van der Waals surface area contributed by atoms with E-state index in [0.29, 0.717) is 36.8 Å². The largest absolute Gasteiger partial charge is 0.490 e. The number of nitrogens with one attached hydrogen (secondary N) is 1. The Morgan fingerprint density at radius 2 is 1.45 bits per heavy atom. The van der Waals surface area contributed by atoms with Gasteiger partial charge in [-0.3, -0.25) is 4.79 Å². The van der Waals surface area contributed by atoms with Gasteiger partial charge in [-0.05, 0) is 98.5 Å². The number of hydrogen-bond acceptors (Lipinski definition) is 6. The van der Waals surface area contributed by atoms with Crippen molar-refractivity contribution in [3.63, 3.8) is 0 Å². The Bertz CT molecular complexity index is 1770. The van der Waals surface area contributed by atoms with Crippen LogP contribution in [0.3, 0.4) is 0 Å². The van der Waals surface area contributed by atoms with Crippen LogP contribution in [0.15, 0.2) is 65.6 Å². The molecule has 3 aromatic rings. The monoisotopic (exact) mass is 731 g/mol. The van der Waals surface area contributed by atoms with Crippen LogP contribution in [0.4, 0.5) is 22.0 Å². The van der Waals surface area contributed by atoms with Crippen LogP contribution >= 0.6 is 11.6 Å². The number of fused-ring (bicyclic) bond motifs is 3. The van der Waals surface area contributed by atoms with Crippen molar-refractivity contribution in [3.8, 4) is 5.75 Å². The number of nitrogens with zero attached hydrogens (tertiary/aromatic N) is 1. The van der Waals surface area contributed by atoms with Crippen molar-refractivity contribution in [2.24, 2.45) is 5.73 Å². The van der Waals surface area contributed by atoms with Crippen LogP contribution in [0.2, 0.25) is 5.02 Å². The van der Waals surface area contributed by atoms with E-state index in [0.717, 1.165) is 43.2 Å². The summed E-state index contributed by atoms with van der Waals surface area (Å²) in [7, 11) is -4.55. The first kappa shape index (κ1) is 36.7. The number of halogens is 6. The highest BCUT2D eigenvalue weighted by molar-refractivity contribution is 7.89. The van der Waals surface area contributed by atoms with E-state index < -0.39 is 45.6 Å². The standard InChI is InChI=1S/C31H34ClF2N3O4S.C2HF3O2/c32-22-9-7-21(8-10-22)31(33,34)29(30(38)37-24-11-12-25(37)18-23(35)17-24)36-42(39,40)28-14-6-19-15-27(13-5-20(19)16-28)41-26-3-1-2-4-26;3-2(4,5)1(6)7/h5-10,13-16,23-26,29,36H,1-4,11-12,17-18,35H2;(H,6,7)/t23?,24?,25?,29-;/m0./s1. The summed E-state index contributed by atoms with van der Waals surface area (Å²) in [5, 5.41) is 8.73. The lowest BCUT2D eigenvalue weighted by molar-refractivity contribution is -0.192. The van der Waals surface area contributed by atoms with E-state index >= 15 is 8.78 Å². The zero-order valence-electron chi connectivity index (χ0n) is 26.0. The molecule has 4 N–H and O–H groups in total. The maximum Gasteiger partial charge on any atom is 0.490 e. The van der Waals surface area contributed by atoms with Crippen molar-refractivity contribution >= 4 is 44.3 Å². The topological polar surface area (TPSA) is 139 Å². The van der Waals surface area contributed by atoms with Gasteiger partial charge in [0, 0.05) is 28.7 Å². The lowest BCUT2D eigenvalue weighted by Gasteiger charge is -2.41. The lowest BCUT2D eigenvalue weighted by atomic mass is 9.95. The molecule has 2 aliphatic heterocycles. The maximum absolute atomic E-state index is 16.2. The van der Waals surface area contributed by atoms with Gasteiger partial charge < -0.3 is 20.5 Å². The van der Waals surface area contributed by atoms with Crippen LogP contribution in [0.1, 0.15) is 56.9 Å². The summed E-state index contributed by atoms with van der Waals surface area (Å²) in [4.78, 5) is 24.0. The Morgan fingerprint density at radius 3 is 2.02 bits per heavy atom. The number of sulfonamides is 1. The van der Waals surface area contributed by atoms with E-state index in [2.05, 4.69) is 4.72 Å². The summed E-state index contributed by atoms with van der Waals surface area (Å²) in [6.07, 6.45) is 1.66. The second-order valence-electron chi connectivity index (χ2n) is 12.5. The third-order valence-electron chi connectivity index (χ3n) is 9.08. The number of nitrogens with two attached hydrogens (primary N) is 1. The number of piperidine rings is 1. The van der Waals surface area contributed by atoms with E-state index in [-0.39, 0.29) is 34.1 Å². The summed E-state index contributed by atoms with van der Waals surface area (Å²) in [6.45, 7) is 0. The fourth-order valence-electron chi connectivity index (χ4n) is 6.71. The van der Waals surface area contributed by atoms with Gasteiger partial charge in [0.1, 0.15) is 5.75 Å². The highest BCUT2D eigenvalue weighted by atomic mass is 35.5. The molecule has 0 radical (unpaired) electrons. The molecule has 2 unspecified atom stereocenters. The molecule has 2 heterocycles. The Labute approximate surface area is 284 Å². The lowest BCUT2D eigenvalue weighted by Crippen LogP contribution is -2.60. The smallest absolute Gasteiger partial charge is 0.490 e. The molecule has 2 saturated heterocycles. The molecule has 9 nitrogen and oxygen atoms in total. The predicted octanol–water partition coefficient (Wildman–Crippen LogP) is 6.37. The quantitative estimate of drug-likeness (QED) is 0.229. The third-order valence-corrected chi connectivity index (χ3v) is 10.7. The number of carboxylic acids is 1. The molecule has 1 aliphatic carbocycles. The minimum atomic E-state index is -5.08. The van der Waals surface area contributed by atoms with Gasteiger partial charge in [0.25, 0.3) is 5.92 Å². The predicted molar refractivity (Wildman–Crippen MR) is 171 cm³/mol. The van der Waals surface area contributed by atoms with Gasteiger partial charge in [-0.25, -0.2) is 13.2 Å². The maximum atomic E-state index is 16.2. The summed E-state index contributed by atoms with van der Waals surface area (Å²) in [5.41, 5.74) is 5.63. The average molecular weight is 732 g/mol. The Morgan fingerprint density at radius 1 is 0.898 bits per heavy atom. The molecule has 1 saturated carbocycles. The number of amides is 1. The highest BCUT2D eigenvalue weighted by Gasteiger charge is 2.53. The summed E-state index contributed by atoms with van der Waals surface area (Å²) >= 11 is 5.92. The molecule has 49 heavy (non-hydrogen) atoms. The van der Waals surface area contributed by atoms with E-state index in [1.54, 1.807) is 18.2 Å². The molecule has 16 heteroatoms. The minimum Gasteiger partial charge on any atom is -0.490 e. The van der Waals surface area contributed by atoms with Gasteiger partial charge in [-0.1, -0.05) is 35.9 Å². The molecule has 0 spiro atoms. The minimum absolute atomic E-state index is 0.125. The molecule has 3 aromatic carbocycles. The van der Waals surface area contributed by atoms with E-state index in [9.17, 15) is 26.4 Å². The van der Waals surface area contributed by atoms with Crippen LogP contribution in [0, 0.1) is 0 Å². The van der Waals surface area contributed by atoms with Crippen molar-refractivity contribution in [3.05, 3.63) is 71.2 Å². The van der Waals surface area contributed by atoms with Crippen LogP contribution in [-0.2, 0) is 25.5 Å². The van der Waals surface area contributed by atoms with Crippen LogP contribution in [0.25, 0.3) is 10.8 Å². The van der Waals surface area contributed by atoms with E-state index in [4.69, 9.17) is 32.0 Å². The first-order chi connectivity index (χ1) is 23.0. The fourth-order valence-corrected chi connectivity index (χ4v) is 8.06. The number of benzene rings is 3. The van der Waals surface area contributed by atoms with Gasteiger partial charge >= 0.3 is 12.1 Å². The molecule has 0 aromatic heterocycles. The highest BCUT2D eigenvalue weighted by Crippen LogP contribution is 2.40. The first-order valence-electron chi connectivity index (χ1n) is 15.7. The van der Waals surface area contributed by atoms with Gasteiger partial charge in [0.05, 0.1) is 11.0 Å². The van der Waals surface area contributed by atoms with Crippen LogP contribution in [-0.4, -0.2) is 66.7 Å². The Kier molecular flexibility index (Phi) is 10.8. The number of hydrogen-bond donors (Lipinski definition) is 3. The number of carbonyl (C=O) groups excluding carboxylic acids is 1. The second-order valence-corrected chi connectivity index (χ2v) is 14.7. The molecular formula is C33H35ClF5N3O6S. The fraction of sp³-hybridized carbons (Fsp3) is 0.455. The number of alkyl halides is 5. The van der Waals surface area contributed by atoms with Gasteiger partial charge in [0.2, 0.25) is 15.9 Å². The number of ether oxygens (including phenoxy) is 1. The molecule has 1 amide bonds. The zero-order chi connectivity index (χ0) is 35.7. The third kappa shape index (κ3) is 8.44.